The Morgan fingerprint density at radius 1 is 1.08 bits per heavy atom. The molecule has 0 unspecified atom stereocenters. The maximum Gasteiger partial charge on any atom is 0.174 e. The standard InChI is InChI=1S/C20H22ClFN2S/c21-17-11-5-7-13-19(17)23-20(25)24(16-9-2-1-3-10-16)14-15-8-4-6-12-18(15)22/h4-8,11-13,16H,1-3,9-10,14H2,(H,23,25). The van der Waals surface area contributed by atoms with Gasteiger partial charge in [-0.25, -0.2) is 4.39 Å². The molecule has 3 rings (SSSR count). The van der Waals surface area contributed by atoms with E-state index in [1.165, 1.54) is 25.3 Å². The Bertz CT molecular complexity index is 731. The number of hydrogen-bond donors (Lipinski definition) is 1. The molecule has 25 heavy (non-hydrogen) atoms. The summed E-state index contributed by atoms with van der Waals surface area (Å²) in [4.78, 5) is 2.12. The third-order valence-corrected chi connectivity index (χ3v) is 5.36. The first-order chi connectivity index (χ1) is 12.1. The van der Waals surface area contributed by atoms with Gasteiger partial charge in [0.25, 0.3) is 0 Å². The summed E-state index contributed by atoms with van der Waals surface area (Å²) in [5, 5.41) is 4.47. The number of nitrogens with zero attached hydrogens (tertiary/aromatic N) is 1. The number of hydrogen-bond acceptors (Lipinski definition) is 1. The van der Waals surface area contributed by atoms with Crippen LogP contribution < -0.4 is 5.32 Å². The van der Waals surface area contributed by atoms with Crippen molar-refractivity contribution in [3.8, 4) is 0 Å². The zero-order valence-corrected chi connectivity index (χ0v) is 15.6. The van der Waals surface area contributed by atoms with Crippen LogP contribution in [0.25, 0.3) is 0 Å². The van der Waals surface area contributed by atoms with Gasteiger partial charge in [0.1, 0.15) is 5.82 Å². The fraction of sp³-hybridized carbons (Fsp3) is 0.350. The zero-order chi connectivity index (χ0) is 17.6. The van der Waals surface area contributed by atoms with Crippen LogP contribution in [0.5, 0.6) is 0 Å². The van der Waals surface area contributed by atoms with Crippen molar-refractivity contribution in [3.63, 3.8) is 0 Å². The lowest BCUT2D eigenvalue weighted by Gasteiger charge is -2.36. The molecule has 0 radical (unpaired) electrons. The van der Waals surface area contributed by atoms with Gasteiger partial charge in [-0.3, -0.25) is 0 Å². The van der Waals surface area contributed by atoms with Gasteiger partial charge in [-0.15, -0.1) is 0 Å². The van der Waals surface area contributed by atoms with Gasteiger partial charge >= 0.3 is 0 Å². The first kappa shape index (κ1) is 18.2. The lowest BCUT2D eigenvalue weighted by Crippen LogP contribution is -2.43. The van der Waals surface area contributed by atoms with Crippen LogP contribution >= 0.6 is 23.8 Å². The molecule has 1 fully saturated rings. The van der Waals surface area contributed by atoms with E-state index in [-0.39, 0.29) is 5.82 Å². The van der Waals surface area contributed by atoms with Gasteiger partial charge in [-0.2, -0.15) is 0 Å². The zero-order valence-electron chi connectivity index (χ0n) is 14.1. The minimum absolute atomic E-state index is 0.191. The lowest BCUT2D eigenvalue weighted by atomic mass is 9.94. The third kappa shape index (κ3) is 4.71. The molecular weight excluding hydrogens is 355 g/mol. The van der Waals surface area contributed by atoms with E-state index in [4.69, 9.17) is 23.8 Å². The van der Waals surface area contributed by atoms with Crippen molar-refractivity contribution < 1.29 is 4.39 Å². The van der Waals surface area contributed by atoms with Gasteiger partial charge in [-0.1, -0.05) is 61.2 Å². The molecule has 2 aromatic rings. The number of halogens is 2. The van der Waals surface area contributed by atoms with Gasteiger partial charge in [0.2, 0.25) is 0 Å². The maximum absolute atomic E-state index is 14.2. The average molecular weight is 377 g/mol. The first-order valence-electron chi connectivity index (χ1n) is 8.70. The molecule has 0 heterocycles. The van der Waals surface area contributed by atoms with Crippen LogP contribution in [0.4, 0.5) is 10.1 Å². The monoisotopic (exact) mass is 376 g/mol. The summed E-state index contributed by atoms with van der Waals surface area (Å²) in [6, 6.07) is 14.8. The summed E-state index contributed by atoms with van der Waals surface area (Å²) in [5.41, 5.74) is 1.44. The van der Waals surface area contributed by atoms with Crippen LogP contribution in [-0.2, 0) is 6.54 Å². The number of thiocarbonyl (C=S) groups is 1. The second-order valence-electron chi connectivity index (χ2n) is 6.42. The fourth-order valence-corrected chi connectivity index (χ4v) is 3.83. The molecule has 0 amide bonds. The highest BCUT2D eigenvalue weighted by Gasteiger charge is 2.24. The Kier molecular flexibility index (Phi) is 6.27. The van der Waals surface area contributed by atoms with Crippen molar-refractivity contribution in [1.82, 2.24) is 4.90 Å². The van der Waals surface area contributed by atoms with Crippen LogP contribution in [0.15, 0.2) is 48.5 Å². The number of anilines is 1. The predicted octanol–water partition coefficient (Wildman–Crippen LogP) is 6.01. The van der Waals surface area contributed by atoms with E-state index >= 15 is 0 Å². The van der Waals surface area contributed by atoms with Crippen molar-refractivity contribution in [2.75, 3.05) is 5.32 Å². The van der Waals surface area contributed by atoms with E-state index in [0.29, 0.717) is 28.3 Å². The highest BCUT2D eigenvalue weighted by atomic mass is 35.5. The summed E-state index contributed by atoms with van der Waals surface area (Å²) in [6.45, 7) is 0.466. The second-order valence-corrected chi connectivity index (χ2v) is 7.22. The highest BCUT2D eigenvalue weighted by molar-refractivity contribution is 7.80. The molecule has 0 atom stereocenters. The molecule has 1 saturated carbocycles. The molecule has 1 N–H and O–H groups in total. The molecule has 132 valence electrons. The highest BCUT2D eigenvalue weighted by Crippen LogP contribution is 2.27. The molecule has 5 heteroatoms. The minimum Gasteiger partial charge on any atom is -0.342 e. The normalized spacial score (nSPS) is 15.0. The molecule has 0 aliphatic heterocycles. The Balaban J connectivity index is 1.81. The first-order valence-corrected chi connectivity index (χ1v) is 9.49. The SMILES string of the molecule is Fc1ccccc1CN(C(=S)Nc1ccccc1Cl)C1CCCCC1. The summed E-state index contributed by atoms with van der Waals surface area (Å²) >= 11 is 11.9. The Morgan fingerprint density at radius 3 is 2.48 bits per heavy atom. The number of benzene rings is 2. The number of nitrogens with one attached hydrogen (secondary N) is 1. The van der Waals surface area contributed by atoms with E-state index in [2.05, 4.69) is 10.2 Å². The molecule has 0 aromatic heterocycles. The fourth-order valence-electron chi connectivity index (χ4n) is 3.32. The predicted molar refractivity (Wildman–Crippen MR) is 106 cm³/mol. The van der Waals surface area contributed by atoms with Crippen LogP contribution in [0.1, 0.15) is 37.7 Å². The maximum atomic E-state index is 14.2. The average Bonchev–Trinajstić information content (AvgIpc) is 2.63. The van der Waals surface area contributed by atoms with Crippen LogP contribution in [0.3, 0.4) is 0 Å². The molecular formula is C20H22ClFN2S. The van der Waals surface area contributed by atoms with Crippen molar-refractivity contribution in [3.05, 3.63) is 64.9 Å². The Morgan fingerprint density at radius 2 is 1.76 bits per heavy atom. The molecule has 0 saturated heterocycles. The molecule has 2 aromatic carbocycles. The molecule has 1 aliphatic carbocycles. The largest absolute Gasteiger partial charge is 0.342 e. The van der Waals surface area contributed by atoms with Crippen LogP contribution in [0.2, 0.25) is 5.02 Å². The molecule has 1 aliphatic rings. The molecule has 0 bridgehead atoms. The van der Waals surface area contributed by atoms with E-state index in [1.54, 1.807) is 6.07 Å². The van der Waals surface area contributed by atoms with Gasteiger partial charge in [-0.05, 0) is 43.3 Å². The summed E-state index contributed by atoms with van der Waals surface area (Å²) in [5.74, 6) is -0.191. The van der Waals surface area contributed by atoms with Crippen molar-refractivity contribution in [2.24, 2.45) is 0 Å². The van der Waals surface area contributed by atoms with Crippen molar-refractivity contribution in [1.29, 1.82) is 0 Å². The van der Waals surface area contributed by atoms with Gasteiger partial charge < -0.3 is 10.2 Å². The number of rotatable bonds is 4. The Labute approximate surface area is 159 Å². The van der Waals surface area contributed by atoms with E-state index in [0.717, 1.165) is 18.5 Å². The van der Waals surface area contributed by atoms with Crippen LogP contribution in [0, 0.1) is 5.82 Å². The lowest BCUT2D eigenvalue weighted by molar-refractivity contribution is 0.238. The smallest absolute Gasteiger partial charge is 0.174 e. The van der Waals surface area contributed by atoms with Gasteiger partial charge in [0.05, 0.1) is 10.7 Å². The van der Waals surface area contributed by atoms with Gasteiger partial charge in [0, 0.05) is 18.2 Å². The summed E-state index contributed by atoms with van der Waals surface area (Å²) in [6.07, 6.45) is 5.80. The number of para-hydroxylation sites is 1. The van der Waals surface area contributed by atoms with E-state index < -0.39 is 0 Å². The minimum atomic E-state index is -0.191. The van der Waals surface area contributed by atoms with Crippen molar-refractivity contribution in [2.45, 2.75) is 44.7 Å². The summed E-state index contributed by atoms with van der Waals surface area (Å²) < 4.78 is 14.2. The second kappa shape index (κ2) is 8.63. The van der Waals surface area contributed by atoms with E-state index in [9.17, 15) is 4.39 Å². The van der Waals surface area contributed by atoms with E-state index in [1.807, 2.05) is 36.4 Å². The van der Waals surface area contributed by atoms with Crippen molar-refractivity contribution >= 4 is 34.6 Å². The Hall–Kier alpha value is -1.65. The van der Waals surface area contributed by atoms with Gasteiger partial charge in [0.15, 0.2) is 5.11 Å². The summed E-state index contributed by atoms with van der Waals surface area (Å²) in [7, 11) is 0. The topological polar surface area (TPSA) is 15.3 Å². The van der Waals surface area contributed by atoms with Crippen LogP contribution in [-0.4, -0.2) is 16.1 Å². The molecule has 0 spiro atoms. The molecule has 2 nitrogen and oxygen atoms in total. The third-order valence-electron chi connectivity index (χ3n) is 4.69. The quantitative estimate of drug-likeness (QED) is 0.657.